The van der Waals surface area contributed by atoms with Gasteiger partial charge >= 0.3 is 6.18 Å². The van der Waals surface area contributed by atoms with Crippen LogP contribution in [0.15, 0.2) is 24.3 Å². The highest BCUT2D eigenvalue weighted by atomic mass is 19.4. The van der Waals surface area contributed by atoms with Gasteiger partial charge in [0.25, 0.3) is 5.91 Å². The van der Waals surface area contributed by atoms with Gasteiger partial charge in [0.1, 0.15) is 0 Å². The van der Waals surface area contributed by atoms with Gasteiger partial charge < -0.3 is 11.1 Å². The van der Waals surface area contributed by atoms with Gasteiger partial charge in [0.15, 0.2) is 0 Å². The number of amides is 1. The Morgan fingerprint density at radius 3 is 2.37 bits per heavy atom. The van der Waals surface area contributed by atoms with E-state index in [4.69, 9.17) is 5.73 Å². The molecular formula is C13H17F3N2O. The average Bonchev–Trinajstić information content (AvgIpc) is 2.34. The second-order valence-electron chi connectivity index (χ2n) is 4.21. The second kappa shape index (κ2) is 7.13. The Balaban J connectivity index is 2.37. The molecule has 106 valence electrons. The van der Waals surface area contributed by atoms with Crippen LogP contribution in [0.4, 0.5) is 13.2 Å². The Hall–Kier alpha value is -1.56. The molecule has 1 aromatic rings. The van der Waals surface area contributed by atoms with E-state index in [0.717, 1.165) is 12.0 Å². The number of carbonyl (C=O) groups is 1. The number of benzene rings is 1. The van der Waals surface area contributed by atoms with Crippen molar-refractivity contribution in [1.29, 1.82) is 0 Å². The molecule has 0 bridgehead atoms. The minimum Gasteiger partial charge on any atom is -0.352 e. The molecule has 0 aliphatic heterocycles. The van der Waals surface area contributed by atoms with Gasteiger partial charge in [-0.25, -0.2) is 0 Å². The lowest BCUT2D eigenvalue weighted by Gasteiger charge is -2.08. The van der Waals surface area contributed by atoms with Crippen LogP contribution in [0.5, 0.6) is 0 Å². The maximum absolute atomic E-state index is 11.9. The van der Waals surface area contributed by atoms with Gasteiger partial charge in [-0.1, -0.05) is 12.1 Å². The molecule has 0 aliphatic carbocycles. The normalized spacial score (nSPS) is 11.4. The highest BCUT2D eigenvalue weighted by Crippen LogP contribution is 2.20. The van der Waals surface area contributed by atoms with E-state index in [1.807, 2.05) is 0 Å². The van der Waals surface area contributed by atoms with Crippen LogP contribution in [0, 0.1) is 0 Å². The summed E-state index contributed by atoms with van der Waals surface area (Å²) in [6.07, 6.45) is -4.44. The summed E-state index contributed by atoms with van der Waals surface area (Å²) in [6, 6.07) is 6.86. The van der Waals surface area contributed by atoms with Crippen LogP contribution in [0.3, 0.4) is 0 Å². The fourth-order valence-electron chi connectivity index (χ4n) is 1.58. The van der Waals surface area contributed by atoms with Crippen molar-refractivity contribution in [3.63, 3.8) is 0 Å². The lowest BCUT2D eigenvalue weighted by atomic mass is 10.1. The van der Waals surface area contributed by atoms with E-state index in [-0.39, 0.29) is 18.9 Å². The molecule has 3 N–H and O–H groups in total. The second-order valence-corrected chi connectivity index (χ2v) is 4.21. The summed E-state index contributed by atoms with van der Waals surface area (Å²) in [5.41, 5.74) is 6.87. The number of halogens is 3. The summed E-state index contributed by atoms with van der Waals surface area (Å²) < 4.78 is 35.7. The molecule has 0 saturated heterocycles. The topological polar surface area (TPSA) is 55.1 Å². The SMILES string of the molecule is NCCc1ccc(C(=O)NCCCC(F)(F)F)cc1. The number of alkyl halides is 3. The molecule has 0 atom stereocenters. The van der Waals surface area contributed by atoms with Gasteiger partial charge in [0, 0.05) is 18.5 Å². The summed E-state index contributed by atoms with van der Waals surface area (Å²) >= 11 is 0. The summed E-state index contributed by atoms with van der Waals surface area (Å²) in [4.78, 5) is 11.6. The molecule has 3 nitrogen and oxygen atoms in total. The molecule has 0 aliphatic rings. The first-order valence-corrected chi connectivity index (χ1v) is 6.06. The molecule has 0 radical (unpaired) electrons. The molecule has 0 heterocycles. The predicted molar refractivity (Wildman–Crippen MR) is 66.8 cm³/mol. The fourth-order valence-corrected chi connectivity index (χ4v) is 1.58. The number of hydrogen-bond acceptors (Lipinski definition) is 2. The van der Waals surface area contributed by atoms with Gasteiger partial charge in [0.05, 0.1) is 0 Å². The van der Waals surface area contributed by atoms with Crippen LogP contribution in [0.1, 0.15) is 28.8 Å². The minimum atomic E-state index is -4.17. The molecule has 0 spiro atoms. The summed E-state index contributed by atoms with van der Waals surface area (Å²) in [6.45, 7) is 0.548. The van der Waals surface area contributed by atoms with Crippen molar-refractivity contribution < 1.29 is 18.0 Å². The Morgan fingerprint density at radius 2 is 1.84 bits per heavy atom. The molecule has 0 saturated carbocycles. The molecule has 19 heavy (non-hydrogen) atoms. The lowest BCUT2D eigenvalue weighted by Crippen LogP contribution is -2.25. The Morgan fingerprint density at radius 1 is 1.21 bits per heavy atom. The van der Waals surface area contributed by atoms with E-state index in [9.17, 15) is 18.0 Å². The molecule has 1 rings (SSSR count). The zero-order chi connectivity index (χ0) is 14.3. The lowest BCUT2D eigenvalue weighted by molar-refractivity contribution is -0.135. The maximum atomic E-state index is 11.9. The Kier molecular flexibility index (Phi) is 5.82. The number of carbonyl (C=O) groups excluding carboxylic acids is 1. The van der Waals surface area contributed by atoms with Crippen LogP contribution in [-0.2, 0) is 6.42 Å². The van der Waals surface area contributed by atoms with E-state index in [1.165, 1.54) is 0 Å². The summed E-state index contributed by atoms with van der Waals surface area (Å²) in [5.74, 6) is -0.360. The monoisotopic (exact) mass is 274 g/mol. The zero-order valence-electron chi connectivity index (χ0n) is 10.5. The van der Waals surface area contributed by atoms with Crippen molar-refractivity contribution in [3.05, 3.63) is 35.4 Å². The highest BCUT2D eigenvalue weighted by Gasteiger charge is 2.25. The number of rotatable bonds is 6. The molecule has 6 heteroatoms. The molecule has 0 aromatic heterocycles. The molecule has 0 unspecified atom stereocenters. The molecule has 1 aromatic carbocycles. The van der Waals surface area contributed by atoms with Crippen LogP contribution in [0.2, 0.25) is 0 Å². The van der Waals surface area contributed by atoms with Gasteiger partial charge in [-0.15, -0.1) is 0 Å². The van der Waals surface area contributed by atoms with Gasteiger partial charge in [-0.05, 0) is 37.1 Å². The zero-order valence-corrected chi connectivity index (χ0v) is 10.5. The number of hydrogen-bond donors (Lipinski definition) is 2. The first-order valence-electron chi connectivity index (χ1n) is 6.06. The first-order chi connectivity index (χ1) is 8.92. The smallest absolute Gasteiger partial charge is 0.352 e. The third-order valence-electron chi connectivity index (χ3n) is 2.57. The van der Waals surface area contributed by atoms with E-state index in [1.54, 1.807) is 24.3 Å². The first kappa shape index (κ1) is 15.5. The Bertz CT molecular complexity index is 401. The van der Waals surface area contributed by atoms with Crippen LogP contribution < -0.4 is 11.1 Å². The van der Waals surface area contributed by atoms with Crippen molar-refractivity contribution in [3.8, 4) is 0 Å². The third kappa shape index (κ3) is 6.24. The maximum Gasteiger partial charge on any atom is 0.389 e. The van der Waals surface area contributed by atoms with Crippen molar-refractivity contribution >= 4 is 5.91 Å². The van der Waals surface area contributed by atoms with Crippen molar-refractivity contribution in [2.45, 2.75) is 25.4 Å². The van der Waals surface area contributed by atoms with Crippen LogP contribution in [-0.4, -0.2) is 25.2 Å². The quantitative estimate of drug-likeness (QED) is 0.782. The van der Waals surface area contributed by atoms with Crippen molar-refractivity contribution in [1.82, 2.24) is 5.32 Å². The highest BCUT2D eigenvalue weighted by molar-refractivity contribution is 5.94. The van der Waals surface area contributed by atoms with E-state index >= 15 is 0 Å². The van der Waals surface area contributed by atoms with Gasteiger partial charge in [0.2, 0.25) is 0 Å². The van der Waals surface area contributed by atoms with Crippen molar-refractivity contribution in [2.75, 3.05) is 13.1 Å². The van der Waals surface area contributed by atoms with Crippen LogP contribution >= 0.6 is 0 Å². The van der Waals surface area contributed by atoms with Crippen LogP contribution in [0.25, 0.3) is 0 Å². The van der Waals surface area contributed by atoms with E-state index in [0.29, 0.717) is 12.1 Å². The molecule has 0 fully saturated rings. The summed E-state index contributed by atoms with van der Waals surface area (Å²) in [7, 11) is 0. The number of nitrogens with two attached hydrogens (primary N) is 1. The standard InChI is InChI=1S/C13H17F3N2O/c14-13(15,16)7-1-9-18-12(19)11-4-2-10(3-5-11)6-8-17/h2-5H,1,6-9,17H2,(H,18,19). The minimum absolute atomic E-state index is 0.0168. The summed E-state index contributed by atoms with van der Waals surface area (Å²) in [5, 5.41) is 2.46. The predicted octanol–water partition coefficient (Wildman–Crippen LogP) is 2.26. The van der Waals surface area contributed by atoms with E-state index in [2.05, 4.69) is 5.32 Å². The molecule has 1 amide bonds. The van der Waals surface area contributed by atoms with E-state index < -0.39 is 12.6 Å². The van der Waals surface area contributed by atoms with Gasteiger partial charge in [-0.3, -0.25) is 4.79 Å². The third-order valence-corrected chi connectivity index (χ3v) is 2.57. The van der Waals surface area contributed by atoms with Crippen molar-refractivity contribution in [2.24, 2.45) is 5.73 Å². The fraction of sp³-hybridized carbons (Fsp3) is 0.462. The Labute approximate surface area is 110 Å². The average molecular weight is 274 g/mol. The number of nitrogens with one attached hydrogen (secondary N) is 1. The van der Waals surface area contributed by atoms with Gasteiger partial charge in [-0.2, -0.15) is 13.2 Å². The largest absolute Gasteiger partial charge is 0.389 e. The molecular weight excluding hydrogens is 257 g/mol.